The second-order valence-corrected chi connectivity index (χ2v) is 6.06. The van der Waals surface area contributed by atoms with Crippen molar-refractivity contribution in [3.05, 3.63) is 4.77 Å². The van der Waals surface area contributed by atoms with Crippen LogP contribution in [-0.2, 0) is 6.54 Å². The molecule has 1 aromatic rings. The van der Waals surface area contributed by atoms with E-state index < -0.39 is 0 Å². The number of piperidine rings is 1. The smallest absolute Gasteiger partial charge is 0.225 e. The van der Waals surface area contributed by atoms with E-state index in [1.807, 2.05) is 0 Å². The molecule has 0 unspecified atom stereocenters. The molecule has 1 aromatic heterocycles. The first-order valence-corrected chi connectivity index (χ1v) is 7.57. The predicted octanol–water partition coefficient (Wildman–Crippen LogP) is 2.13. The number of hydrogen-bond donors (Lipinski definition) is 1. The van der Waals surface area contributed by atoms with Crippen LogP contribution in [0.1, 0.15) is 26.2 Å². The van der Waals surface area contributed by atoms with E-state index in [9.17, 15) is 0 Å². The van der Waals surface area contributed by atoms with E-state index in [4.69, 9.17) is 12.2 Å². The van der Waals surface area contributed by atoms with Crippen LogP contribution < -0.4 is 4.90 Å². The number of rotatable bonds is 5. The second kappa shape index (κ2) is 6.52. The van der Waals surface area contributed by atoms with Crippen molar-refractivity contribution in [1.29, 1.82) is 0 Å². The Morgan fingerprint density at radius 3 is 2.63 bits per heavy atom. The van der Waals surface area contributed by atoms with Gasteiger partial charge in [0.2, 0.25) is 5.95 Å². The molecule has 0 amide bonds. The zero-order chi connectivity index (χ0) is 13.8. The third-order valence-corrected chi connectivity index (χ3v) is 4.02. The van der Waals surface area contributed by atoms with Gasteiger partial charge < -0.3 is 9.80 Å². The maximum absolute atomic E-state index is 5.30. The van der Waals surface area contributed by atoms with Gasteiger partial charge in [-0.2, -0.15) is 0 Å². The van der Waals surface area contributed by atoms with Gasteiger partial charge in [-0.1, -0.05) is 6.92 Å². The van der Waals surface area contributed by atoms with Gasteiger partial charge in [0.15, 0.2) is 4.77 Å². The molecule has 0 atom stereocenters. The third-order valence-electron chi connectivity index (χ3n) is 3.71. The van der Waals surface area contributed by atoms with Gasteiger partial charge in [0.05, 0.1) is 0 Å². The van der Waals surface area contributed by atoms with E-state index >= 15 is 0 Å². The summed E-state index contributed by atoms with van der Waals surface area (Å²) in [5.41, 5.74) is 0. The van der Waals surface area contributed by atoms with Crippen LogP contribution in [0.15, 0.2) is 0 Å². The molecule has 0 bridgehead atoms. The van der Waals surface area contributed by atoms with Crippen LogP contribution in [-0.4, -0.2) is 53.4 Å². The van der Waals surface area contributed by atoms with E-state index in [0.29, 0.717) is 0 Å². The quantitative estimate of drug-likeness (QED) is 0.841. The Labute approximate surface area is 120 Å². The number of aromatic nitrogens is 3. The minimum absolute atomic E-state index is 0.743. The topological polar surface area (TPSA) is 40.1 Å². The Morgan fingerprint density at radius 2 is 2.05 bits per heavy atom. The van der Waals surface area contributed by atoms with Crippen LogP contribution in [0.3, 0.4) is 0 Å². The van der Waals surface area contributed by atoms with Gasteiger partial charge >= 0.3 is 0 Å². The van der Waals surface area contributed by atoms with Crippen LogP contribution in [0, 0.1) is 10.7 Å². The summed E-state index contributed by atoms with van der Waals surface area (Å²) in [5, 5.41) is 7.33. The van der Waals surface area contributed by atoms with Crippen molar-refractivity contribution < 1.29 is 0 Å². The zero-order valence-corrected chi connectivity index (χ0v) is 13.0. The van der Waals surface area contributed by atoms with E-state index in [2.05, 4.69) is 45.6 Å². The predicted molar refractivity (Wildman–Crippen MR) is 81.2 cm³/mol. The molecular formula is C13H25N5S. The Hall–Kier alpha value is -0.880. The van der Waals surface area contributed by atoms with Crippen molar-refractivity contribution in [2.45, 2.75) is 32.7 Å². The number of H-pyrrole nitrogens is 1. The zero-order valence-electron chi connectivity index (χ0n) is 12.2. The first kappa shape index (κ1) is 14.5. The third kappa shape index (κ3) is 3.57. The molecule has 0 spiro atoms. The average molecular weight is 283 g/mol. The normalized spacial score (nSPS) is 17.4. The van der Waals surface area contributed by atoms with Crippen LogP contribution in [0.2, 0.25) is 0 Å². The maximum atomic E-state index is 5.30. The van der Waals surface area contributed by atoms with Crippen LogP contribution >= 0.6 is 12.2 Å². The van der Waals surface area contributed by atoms with E-state index in [1.165, 1.54) is 19.4 Å². The largest absolute Gasteiger partial charge is 0.341 e. The van der Waals surface area contributed by atoms with Crippen molar-refractivity contribution in [3.63, 3.8) is 0 Å². The number of nitrogens with zero attached hydrogens (tertiary/aromatic N) is 4. The van der Waals surface area contributed by atoms with Gasteiger partial charge in [0.1, 0.15) is 0 Å². The molecule has 1 saturated heterocycles. The molecule has 6 heteroatoms. The van der Waals surface area contributed by atoms with Gasteiger partial charge in [-0.05, 0) is 51.5 Å². The Balaban J connectivity index is 1.99. The Morgan fingerprint density at radius 1 is 1.37 bits per heavy atom. The molecule has 0 aromatic carbocycles. The molecule has 0 saturated carbocycles. The summed E-state index contributed by atoms with van der Waals surface area (Å²) in [7, 11) is 4.30. The lowest BCUT2D eigenvalue weighted by atomic mass is 9.97. The Bertz CT molecular complexity index is 442. The lowest BCUT2D eigenvalue weighted by molar-refractivity contribution is 0.283. The fourth-order valence-electron chi connectivity index (χ4n) is 2.81. The highest BCUT2D eigenvalue weighted by Gasteiger charge is 2.22. The minimum Gasteiger partial charge on any atom is -0.341 e. The molecule has 1 aliphatic rings. The summed E-state index contributed by atoms with van der Waals surface area (Å²) in [6, 6.07) is 0. The number of nitrogens with one attached hydrogen (secondary N) is 1. The number of anilines is 1. The van der Waals surface area contributed by atoms with Gasteiger partial charge in [0.25, 0.3) is 0 Å². The van der Waals surface area contributed by atoms with Gasteiger partial charge in [-0.15, -0.1) is 5.10 Å². The first-order valence-electron chi connectivity index (χ1n) is 7.16. The summed E-state index contributed by atoms with van der Waals surface area (Å²) in [4.78, 5) is 4.65. The SMILES string of the molecule is CCCn1c(N2CCC(CN(C)C)CC2)n[nH]c1=S. The average Bonchev–Trinajstić information content (AvgIpc) is 2.72. The molecule has 1 fully saturated rings. The lowest BCUT2D eigenvalue weighted by Crippen LogP contribution is -2.38. The van der Waals surface area contributed by atoms with E-state index in [-0.39, 0.29) is 0 Å². The number of aromatic amines is 1. The summed E-state index contributed by atoms with van der Waals surface area (Å²) < 4.78 is 2.87. The first-order chi connectivity index (χ1) is 9.11. The molecule has 2 rings (SSSR count). The highest BCUT2D eigenvalue weighted by atomic mass is 32.1. The minimum atomic E-state index is 0.743. The standard InChI is InChI=1S/C13H25N5S/c1-4-7-18-12(14-15-13(18)19)17-8-5-11(6-9-17)10-16(2)3/h11H,4-10H2,1-3H3,(H,15,19). The van der Waals surface area contributed by atoms with E-state index in [1.54, 1.807) is 0 Å². The summed E-state index contributed by atoms with van der Waals surface area (Å²) in [5.74, 6) is 1.84. The van der Waals surface area contributed by atoms with Crippen molar-refractivity contribution in [3.8, 4) is 0 Å². The van der Waals surface area contributed by atoms with Crippen molar-refractivity contribution in [1.82, 2.24) is 19.7 Å². The van der Waals surface area contributed by atoms with Gasteiger partial charge in [-0.25, -0.2) is 5.10 Å². The molecule has 1 aliphatic heterocycles. The highest BCUT2D eigenvalue weighted by Crippen LogP contribution is 2.22. The van der Waals surface area contributed by atoms with Crippen molar-refractivity contribution in [2.24, 2.45) is 5.92 Å². The van der Waals surface area contributed by atoms with Gasteiger partial charge in [0, 0.05) is 26.2 Å². The summed E-state index contributed by atoms with van der Waals surface area (Å²) >= 11 is 5.30. The summed E-state index contributed by atoms with van der Waals surface area (Å²) in [6.45, 7) is 6.48. The van der Waals surface area contributed by atoms with Crippen molar-refractivity contribution in [2.75, 3.05) is 38.6 Å². The molecule has 1 N–H and O–H groups in total. The molecule has 5 nitrogen and oxygen atoms in total. The maximum Gasteiger partial charge on any atom is 0.225 e. The second-order valence-electron chi connectivity index (χ2n) is 5.67. The van der Waals surface area contributed by atoms with E-state index in [0.717, 1.165) is 42.7 Å². The molecule has 0 radical (unpaired) electrons. The molecule has 19 heavy (non-hydrogen) atoms. The fraction of sp³-hybridized carbons (Fsp3) is 0.846. The van der Waals surface area contributed by atoms with Crippen LogP contribution in [0.5, 0.6) is 0 Å². The summed E-state index contributed by atoms with van der Waals surface area (Å²) in [6.07, 6.45) is 3.56. The molecule has 108 valence electrons. The van der Waals surface area contributed by atoms with Crippen molar-refractivity contribution >= 4 is 18.2 Å². The Kier molecular flexibility index (Phi) is 4.99. The molecule has 0 aliphatic carbocycles. The van der Waals surface area contributed by atoms with Crippen LogP contribution in [0.25, 0.3) is 0 Å². The lowest BCUT2D eigenvalue weighted by Gasteiger charge is -2.33. The fourth-order valence-corrected chi connectivity index (χ4v) is 3.03. The van der Waals surface area contributed by atoms with Gasteiger partial charge in [-0.3, -0.25) is 4.57 Å². The highest BCUT2D eigenvalue weighted by molar-refractivity contribution is 7.71. The molecule has 2 heterocycles. The monoisotopic (exact) mass is 283 g/mol. The molecular weight excluding hydrogens is 258 g/mol. The van der Waals surface area contributed by atoms with Crippen LogP contribution in [0.4, 0.5) is 5.95 Å². The number of hydrogen-bond acceptors (Lipinski definition) is 4.